The lowest BCUT2D eigenvalue weighted by Gasteiger charge is -2.30. The fraction of sp³-hybridized carbons (Fsp3) is 0.263. The Morgan fingerprint density at radius 1 is 0.714 bits per heavy atom. The molecule has 2 heteroatoms. The van der Waals surface area contributed by atoms with Gasteiger partial charge >= 0.3 is 0 Å². The smallest absolute Gasteiger partial charge is 0.0622 e. The third-order valence-electron chi connectivity index (χ3n) is 4.50. The van der Waals surface area contributed by atoms with Crippen molar-refractivity contribution in [1.82, 2.24) is 0 Å². The predicted octanol–water partition coefficient (Wildman–Crippen LogP) is 4.56. The Morgan fingerprint density at radius 3 is 1.57 bits per heavy atom. The minimum absolute atomic E-state index is 0.182. The molecule has 3 rings (SSSR count). The standard InChI is InChI=1S/C19H16N2/c20-13-5-11-19(12-6-14-21)17-9-3-1-7-15(17)16-8-2-4-10-18(16)19/h1-4,7-10H,5-6,11-12H2. The molecular formula is C19H16N2. The Balaban J connectivity index is 2.22. The van der Waals surface area contributed by atoms with Gasteiger partial charge in [-0.2, -0.15) is 10.5 Å². The van der Waals surface area contributed by atoms with Crippen LogP contribution < -0.4 is 0 Å². The van der Waals surface area contributed by atoms with Gasteiger partial charge < -0.3 is 0 Å². The largest absolute Gasteiger partial charge is 0.198 e. The Kier molecular flexibility index (Phi) is 3.46. The molecule has 0 amide bonds. The van der Waals surface area contributed by atoms with Gasteiger partial charge in [-0.1, -0.05) is 48.5 Å². The van der Waals surface area contributed by atoms with Crippen molar-refractivity contribution in [3.05, 3.63) is 59.7 Å². The Bertz CT molecular complexity index is 681. The molecule has 0 aromatic heterocycles. The molecule has 0 heterocycles. The molecule has 2 aromatic rings. The minimum Gasteiger partial charge on any atom is -0.198 e. The first-order valence-corrected chi connectivity index (χ1v) is 7.27. The van der Waals surface area contributed by atoms with Gasteiger partial charge in [-0.3, -0.25) is 0 Å². The number of nitrogens with zero attached hydrogens (tertiary/aromatic N) is 2. The Morgan fingerprint density at radius 2 is 1.14 bits per heavy atom. The number of hydrogen-bond acceptors (Lipinski definition) is 2. The van der Waals surface area contributed by atoms with E-state index in [0.29, 0.717) is 12.8 Å². The van der Waals surface area contributed by atoms with Crippen molar-refractivity contribution in [2.75, 3.05) is 0 Å². The number of benzene rings is 2. The van der Waals surface area contributed by atoms with Gasteiger partial charge in [0.05, 0.1) is 12.1 Å². The average Bonchev–Trinajstić information content (AvgIpc) is 2.82. The molecule has 0 bridgehead atoms. The SMILES string of the molecule is N#CCCC1(CCC#N)c2ccccc2-c2ccccc21. The van der Waals surface area contributed by atoms with Crippen molar-refractivity contribution >= 4 is 0 Å². The van der Waals surface area contributed by atoms with Crippen LogP contribution >= 0.6 is 0 Å². The zero-order chi connectivity index (χ0) is 14.7. The number of rotatable bonds is 4. The van der Waals surface area contributed by atoms with Gasteiger partial charge in [0.2, 0.25) is 0 Å². The van der Waals surface area contributed by atoms with E-state index in [1.165, 1.54) is 22.3 Å². The summed E-state index contributed by atoms with van der Waals surface area (Å²) in [6.07, 6.45) is 2.57. The third-order valence-corrected chi connectivity index (χ3v) is 4.50. The van der Waals surface area contributed by atoms with Crippen LogP contribution in [-0.4, -0.2) is 0 Å². The molecule has 102 valence electrons. The highest BCUT2D eigenvalue weighted by Gasteiger charge is 2.41. The molecular weight excluding hydrogens is 256 g/mol. The summed E-state index contributed by atoms with van der Waals surface area (Å²) in [7, 11) is 0. The lowest BCUT2D eigenvalue weighted by atomic mass is 9.71. The number of hydrogen-bond donors (Lipinski definition) is 0. The molecule has 0 fully saturated rings. The summed E-state index contributed by atoms with van der Waals surface area (Å²) in [6, 6.07) is 21.4. The van der Waals surface area contributed by atoms with Crippen molar-refractivity contribution in [2.45, 2.75) is 31.1 Å². The summed E-state index contributed by atoms with van der Waals surface area (Å²) >= 11 is 0. The topological polar surface area (TPSA) is 47.6 Å². The van der Waals surface area contributed by atoms with Gasteiger partial charge in [0.25, 0.3) is 0 Å². The van der Waals surface area contributed by atoms with Crippen LogP contribution in [0.15, 0.2) is 48.5 Å². The van der Waals surface area contributed by atoms with Crippen LogP contribution in [-0.2, 0) is 5.41 Å². The van der Waals surface area contributed by atoms with Gasteiger partial charge in [0.1, 0.15) is 0 Å². The second-order valence-electron chi connectivity index (χ2n) is 5.49. The van der Waals surface area contributed by atoms with E-state index >= 15 is 0 Å². The summed E-state index contributed by atoms with van der Waals surface area (Å²) < 4.78 is 0. The molecule has 0 radical (unpaired) electrons. The summed E-state index contributed by atoms with van der Waals surface area (Å²) in [5.74, 6) is 0. The van der Waals surface area contributed by atoms with E-state index in [1.54, 1.807) is 0 Å². The molecule has 0 atom stereocenters. The molecule has 2 nitrogen and oxygen atoms in total. The molecule has 21 heavy (non-hydrogen) atoms. The van der Waals surface area contributed by atoms with Gasteiger partial charge in [-0.05, 0) is 35.1 Å². The van der Waals surface area contributed by atoms with Crippen molar-refractivity contribution in [1.29, 1.82) is 10.5 Å². The molecule has 0 unspecified atom stereocenters. The van der Waals surface area contributed by atoms with Gasteiger partial charge in [-0.25, -0.2) is 0 Å². The summed E-state index contributed by atoms with van der Waals surface area (Å²) in [5, 5.41) is 18.1. The zero-order valence-electron chi connectivity index (χ0n) is 11.8. The maximum absolute atomic E-state index is 9.05. The second-order valence-corrected chi connectivity index (χ2v) is 5.49. The lowest BCUT2D eigenvalue weighted by molar-refractivity contribution is 0.458. The molecule has 0 saturated heterocycles. The molecule has 0 spiro atoms. The van der Waals surface area contributed by atoms with Crippen LogP contribution in [0.3, 0.4) is 0 Å². The van der Waals surface area contributed by atoms with Gasteiger partial charge in [0.15, 0.2) is 0 Å². The quantitative estimate of drug-likeness (QED) is 0.819. The summed E-state index contributed by atoms with van der Waals surface area (Å²) in [4.78, 5) is 0. The highest BCUT2D eigenvalue weighted by molar-refractivity contribution is 5.81. The predicted molar refractivity (Wildman–Crippen MR) is 82.4 cm³/mol. The van der Waals surface area contributed by atoms with Crippen LogP contribution in [0.1, 0.15) is 36.8 Å². The maximum Gasteiger partial charge on any atom is 0.0622 e. The minimum atomic E-state index is -0.182. The molecule has 1 aliphatic rings. The van der Waals surface area contributed by atoms with E-state index in [1.807, 2.05) is 0 Å². The molecule has 2 aromatic carbocycles. The highest BCUT2D eigenvalue weighted by Crippen LogP contribution is 2.53. The van der Waals surface area contributed by atoms with Gasteiger partial charge in [0, 0.05) is 18.3 Å². The molecule has 0 saturated carbocycles. The van der Waals surface area contributed by atoms with Crippen molar-refractivity contribution in [3.8, 4) is 23.3 Å². The van der Waals surface area contributed by atoms with Crippen LogP contribution in [0, 0.1) is 22.7 Å². The van der Waals surface area contributed by atoms with Crippen LogP contribution in [0.4, 0.5) is 0 Å². The van der Waals surface area contributed by atoms with E-state index in [4.69, 9.17) is 10.5 Å². The first-order valence-electron chi connectivity index (χ1n) is 7.27. The average molecular weight is 272 g/mol. The van der Waals surface area contributed by atoms with E-state index in [9.17, 15) is 0 Å². The lowest BCUT2D eigenvalue weighted by Crippen LogP contribution is -2.25. The maximum atomic E-state index is 9.05. The Labute approximate surface area is 125 Å². The van der Waals surface area contributed by atoms with Crippen molar-refractivity contribution in [3.63, 3.8) is 0 Å². The van der Waals surface area contributed by atoms with Crippen molar-refractivity contribution < 1.29 is 0 Å². The molecule has 0 aliphatic heterocycles. The first kappa shape index (κ1) is 13.4. The molecule has 1 aliphatic carbocycles. The highest BCUT2D eigenvalue weighted by atomic mass is 14.4. The monoisotopic (exact) mass is 272 g/mol. The summed E-state index contributed by atoms with van der Waals surface area (Å²) in [6.45, 7) is 0. The van der Waals surface area contributed by atoms with E-state index in [-0.39, 0.29) is 5.41 Å². The fourth-order valence-electron chi connectivity index (χ4n) is 3.62. The van der Waals surface area contributed by atoms with Crippen LogP contribution in [0.2, 0.25) is 0 Å². The Hall–Kier alpha value is -2.58. The van der Waals surface area contributed by atoms with Crippen LogP contribution in [0.5, 0.6) is 0 Å². The first-order chi connectivity index (χ1) is 10.3. The third kappa shape index (κ3) is 2.01. The van der Waals surface area contributed by atoms with Crippen LogP contribution in [0.25, 0.3) is 11.1 Å². The van der Waals surface area contributed by atoms with Gasteiger partial charge in [-0.15, -0.1) is 0 Å². The van der Waals surface area contributed by atoms with E-state index in [2.05, 4.69) is 60.7 Å². The zero-order valence-corrected chi connectivity index (χ0v) is 11.8. The van der Waals surface area contributed by atoms with E-state index < -0.39 is 0 Å². The fourth-order valence-corrected chi connectivity index (χ4v) is 3.62. The van der Waals surface area contributed by atoms with E-state index in [0.717, 1.165) is 12.8 Å². The van der Waals surface area contributed by atoms with Crippen molar-refractivity contribution in [2.24, 2.45) is 0 Å². The normalized spacial score (nSPS) is 13.8. The number of fused-ring (bicyclic) bond motifs is 3. The second kappa shape index (κ2) is 5.43. The number of nitriles is 2. The summed E-state index contributed by atoms with van der Waals surface area (Å²) in [5.41, 5.74) is 4.87. The molecule has 0 N–H and O–H groups in total.